The van der Waals surface area contributed by atoms with Crippen molar-refractivity contribution < 1.29 is 9.84 Å². The first kappa shape index (κ1) is 11.3. The predicted molar refractivity (Wildman–Crippen MR) is 65.1 cm³/mol. The van der Waals surface area contributed by atoms with Crippen LogP contribution in [0, 0.1) is 0 Å². The first-order valence-corrected chi connectivity index (χ1v) is 5.63. The minimum atomic E-state index is -0.599. The van der Waals surface area contributed by atoms with E-state index in [1.807, 2.05) is 25.1 Å². The minimum absolute atomic E-state index is 0.485. The highest BCUT2D eigenvalue weighted by Crippen LogP contribution is 2.33. The quantitative estimate of drug-likeness (QED) is 0.864. The van der Waals surface area contributed by atoms with Crippen molar-refractivity contribution in [1.29, 1.82) is 0 Å². The highest BCUT2D eigenvalue weighted by Gasteiger charge is 2.14. The Morgan fingerprint density at radius 3 is 2.88 bits per heavy atom. The van der Waals surface area contributed by atoms with E-state index in [4.69, 9.17) is 16.3 Å². The molecule has 0 aliphatic heterocycles. The SMILES string of the molecule is CCOc1ccc2[nH]c(Cl)c(C(C)O)c2c1. The minimum Gasteiger partial charge on any atom is -0.494 e. The second kappa shape index (κ2) is 4.36. The van der Waals surface area contributed by atoms with Gasteiger partial charge in [-0.2, -0.15) is 0 Å². The van der Waals surface area contributed by atoms with Crippen LogP contribution < -0.4 is 4.74 Å². The Kier molecular flexibility index (Phi) is 3.08. The van der Waals surface area contributed by atoms with Gasteiger partial charge in [0.2, 0.25) is 0 Å². The molecule has 0 amide bonds. The van der Waals surface area contributed by atoms with Gasteiger partial charge < -0.3 is 14.8 Å². The van der Waals surface area contributed by atoms with Crippen LogP contribution >= 0.6 is 11.6 Å². The van der Waals surface area contributed by atoms with E-state index in [-0.39, 0.29) is 0 Å². The average molecular weight is 240 g/mol. The fourth-order valence-corrected chi connectivity index (χ4v) is 2.19. The number of fused-ring (bicyclic) bond motifs is 1. The molecule has 4 heteroatoms. The molecule has 0 bridgehead atoms. The molecule has 16 heavy (non-hydrogen) atoms. The number of hydrogen-bond acceptors (Lipinski definition) is 2. The van der Waals surface area contributed by atoms with Crippen molar-refractivity contribution in [2.75, 3.05) is 6.61 Å². The van der Waals surface area contributed by atoms with Gasteiger partial charge in [0, 0.05) is 16.5 Å². The zero-order chi connectivity index (χ0) is 11.7. The summed E-state index contributed by atoms with van der Waals surface area (Å²) in [6.07, 6.45) is -0.599. The molecule has 0 fully saturated rings. The molecule has 0 radical (unpaired) electrons. The highest BCUT2D eigenvalue weighted by molar-refractivity contribution is 6.31. The number of hydrogen-bond donors (Lipinski definition) is 2. The van der Waals surface area contributed by atoms with Gasteiger partial charge in [0.1, 0.15) is 10.9 Å². The summed E-state index contributed by atoms with van der Waals surface area (Å²) in [5.41, 5.74) is 1.63. The van der Waals surface area contributed by atoms with Gasteiger partial charge in [0.05, 0.1) is 12.7 Å². The summed E-state index contributed by atoms with van der Waals surface area (Å²) in [5, 5.41) is 11.1. The van der Waals surface area contributed by atoms with Crippen LogP contribution in [-0.2, 0) is 0 Å². The fraction of sp³-hybridized carbons (Fsp3) is 0.333. The number of ether oxygens (including phenoxy) is 1. The van der Waals surface area contributed by atoms with Gasteiger partial charge in [-0.25, -0.2) is 0 Å². The van der Waals surface area contributed by atoms with E-state index in [9.17, 15) is 5.11 Å². The molecule has 1 heterocycles. The summed E-state index contributed by atoms with van der Waals surface area (Å²) in [6, 6.07) is 5.67. The number of aromatic amines is 1. The largest absolute Gasteiger partial charge is 0.494 e. The van der Waals surface area contributed by atoms with Crippen LogP contribution in [0.25, 0.3) is 10.9 Å². The lowest BCUT2D eigenvalue weighted by Crippen LogP contribution is -1.92. The maximum Gasteiger partial charge on any atom is 0.120 e. The van der Waals surface area contributed by atoms with Crippen molar-refractivity contribution in [2.24, 2.45) is 0 Å². The van der Waals surface area contributed by atoms with E-state index in [1.165, 1.54) is 0 Å². The third-order valence-corrected chi connectivity index (χ3v) is 2.79. The molecule has 3 nitrogen and oxygen atoms in total. The topological polar surface area (TPSA) is 45.2 Å². The van der Waals surface area contributed by atoms with E-state index in [2.05, 4.69) is 4.98 Å². The summed E-state index contributed by atoms with van der Waals surface area (Å²) in [4.78, 5) is 3.03. The Morgan fingerprint density at radius 1 is 1.50 bits per heavy atom. The maximum absolute atomic E-state index is 9.67. The van der Waals surface area contributed by atoms with Crippen molar-refractivity contribution in [3.05, 3.63) is 28.9 Å². The van der Waals surface area contributed by atoms with Crippen LogP contribution in [-0.4, -0.2) is 16.7 Å². The summed E-state index contributed by atoms with van der Waals surface area (Å²) in [6.45, 7) is 4.25. The molecule has 1 aromatic heterocycles. The van der Waals surface area contributed by atoms with Crippen LogP contribution in [0.4, 0.5) is 0 Å². The third-order valence-electron chi connectivity index (χ3n) is 2.49. The lowest BCUT2D eigenvalue weighted by atomic mass is 10.1. The summed E-state index contributed by atoms with van der Waals surface area (Å²) in [5.74, 6) is 0.785. The fourth-order valence-electron chi connectivity index (χ4n) is 1.82. The van der Waals surface area contributed by atoms with Crippen LogP contribution in [0.15, 0.2) is 18.2 Å². The monoisotopic (exact) mass is 239 g/mol. The van der Waals surface area contributed by atoms with Crippen molar-refractivity contribution in [3.63, 3.8) is 0 Å². The maximum atomic E-state index is 9.67. The van der Waals surface area contributed by atoms with E-state index in [1.54, 1.807) is 6.92 Å². The molecule has 2 aromatic rings. The first-order chi connectivity index (χ1) is 7.63. The Hall–Kier alpha value is -1.19. The lowest BCUT2D eigenvalue weighted by molar-refractivity contribution is 0.201. The number of benzene rings is 1. The molecule has 0 aliphatic carbocycles. The normalized spacial score (nSPS) is 13.0. The second-order valence-electron chi connectivity index (χ2n) is 3.67. The van der Waals surface area contributed by atoms with Crippen molar-refractivity contribution in [3.8, 4) is 5.75 Å². The molecular weight excluding hydrogens is 226 g/mol. The van der Waals surface area contributed by atoms with E-state index >= 15 is 0 Å². The van der Waals surface area contributed by atoms with Crippen molar-refractivity contribution >= 4 is 22.5 Å². The average Bonchev–Trinajstić information content (AvgIpc) is 2.53. The Bertz CT molecular complexity index is 505. The third kappa shape index (κ3) is 1.88. The molecule has 0 aliphatic rings. The Morgan fingerprint density at radius 2 is 2.25 bits per heavy atom. The standard InChI is InChI=1S/C12H14ClNO2/c1-3-16-8-4-5-10-9(6-8)11(7(2)15)12(13)14-10/h4-7,14-15H,3H2,1-2H3. The molecule has 1 aromatic carbocycles. The molecule has 0 spiro atoms. The predicted octanol–water partition coefficient (Wildman–Crippen LogP) is 3.27. The van der Waals surface area contributed by atoms with E-state index in [0.717, 1.165) is 22.2 Å². The molecule has 86 valence electrons. The number of aliphatic hydroxyl groups is 1. The van der Waals surface area contributed by atoms with Crippen molar-refractivity contribution in [1.82, 2.24) is 4.98 Å². The summed E-state index contributed by atoms with van der Waals surface area (Å²) >= 11 is 6.04. The number of halogens is 1. The van der Waals surface area contributed by atoms with Gasteiger partial charge in [-0.05, 0) is 32.0 Å². The van der Waals surface area contributed by atoms with Crippen LogP contribution in [0.3, 0.4) is 0 Å². The van der Waals surface area contributed by atoms with Gasteiger partial charge in [-0.15, -0.1) is 0 Å². The molecule has 0 saturated carbocycles. The molecule has 1 unspecified atom stereocenters. The Balaban J connectivity index is 2.60. The van der Waals surface area contributed by atoms with Gasteiger partial charge in [-0.3, -0.25) is 0 Å². The van der Waals surface area contributed by atoms with Gasteiger partial charge >= 0.3 is 0 Å². The van der Waals surface area contributed by atoms with Gasteiger partial charge in [0.25, 0.3) is 0 Å². The number of aliphatic hydroxyl groups excluding tert-OH is 1. The van der Waals surface area contributed by atoms with E-state index < -0.39 is 6.10 Å². The Labute approximate surface area is 99.0 Å². The van der Waals surface area contributed by atoms with Crippen LogP contribution in [0.5, 0.6) is 5.75 Å². The number of rotatable bonds is 3. The van der Waals surface area contributed by atoms with Gasteiger partial charge in [0.15, 0.2) is 0 Å². The van der Waals surface area contributed by atoms with Crippen LogP contribution in [0.1, 0.15) is 25.5 Å². The summed E-state index contributed by atoms with van der Waals surface area (Å²) in [7, 11) is 0. The molecule has 0 saturated heterocycles. The molecule has 2 rings (SSSR count). The lowest BCUT2D eigenvalue weighted by Gasteiger charge is -2.05. The molecule has 2 N–H and O–H groups in total. The summed E-state index contributed by atoms with van der Waals surface area (Å²) < 4.78 is 5.42. The second-order valence-corrected chi connectivity index (χ2v) is 4.05. The number of H-pyrrole nitrogens is 1. The number of nitrogens with one attached hydrogen (secondary N) is 1. The smallest absolute Gasteiger partial charge is 0.120 e. The zero-order valence-electron chi connectivity index (χ0n) is 9.25. The molecular formula is C12H14ClNO2. The van der Waals surface area contributed by atoms with E-state index in [0.29, 0.717) is 11.8 Å². The molecule has 1 atom stereocenters. The van der Waals surface area contributed by atoms with Crippen molar-refractivity contribution in [2.45, 2.75) is 20.0 Å². The van der Waals surface area contributed by atoms with Crippen LogP contribution in [0.2, 0.25) is 5.15 Å². The zero-order valence-corrected chi connectivity index (χ0v) is 10.0. The highest BCUT2D eigenvalue weighted by atomic mass is 35.5. The first-order valence-electron chi connectivity index (χ1n) is 5.25. The number of aromatic nitrogens is 1. The van der Waals surface area contributed by atoms with Gasteiger partial charge in [-0.1, -0.05) is 11.6 Å².